The number of benzene rings is 2. The van der Waals surface area contributed by atoms with E-state index < -0.39 is 18.5 Å². The van der Waals surface area contributed by atoms with Crippen molar-refractivity contribution in [2.75, 3.05) is 26.0 Å². The number of thiazole rings is 1. The summed E-state index contributed by atoms with van der Waals surface area (Å²) in [5.74, 6) is -0.516. The van der Waals surface area contributed by atoms with E-state index in [0.717, 1.165) is 15.6 Å². The van der Waals surface area contributed by atoms with Crippen molar-refractivity contribution < 1.29 is 19.1 Å². The second-order valence-corrected chi connectivity index (χ2v) is 9.12. The fourth-order valence-electron chi connectivity index (χ4n) is 2.75. The van der Waals surface area contributed by atoms with E-state index in [4.69, 9.17) is 4.74 Å². The lowest BCUT2D eigenvalue weighted by atomic mass is 10.2. The standard InChI is InChI=1S/C23H23N3O4S2/c1-15-24-18(13-31-15)14-32-20-7-5-4-6-19(20)23(29)30-12-21(27)25-17-10-8-16(9-11-17)22(28)26(2)3/h4-11,13H,12,14H2,1-3H3,(H,25,27). The highest BCUT2D eigenvalue weighted by molar-refractivity contribution is 7.98. The van der Waals surface area contributed by atoms with E-state index in [9.17, 15) is 14.4 Å². The minimum atomic E-state index is -0.565. The van der Waals surface area contributed by atoms with E-state index in [1.54, 1.807) is 61.8 Å². The predicted molar refractivity (Wildman–Crippen MR) is 126 cm³/mol. The van der Waals surface area contributed by atoms with E-state index in [1.165, 1.54) is 16.7 Å². The maximum absolute atomic E-state index is 12.6. The summed E-state index contributed by atoms with van der Waals surface area (Å²) in [6.45, 7) is 1.54. The molecule has 2 aromatic carbocycles. The second kappa shape index (κ2) is 10.9. The summed E-state index contributed by atoms with van der Waals surface area (Å²) >= 11 is 3.08. The molecule has 0 atom stereocenters. The summed E-state index contributed by atoms with van der Waals surface area (Å²) in [5.41, 5.74) is 2.39. The third-order valence-electron chi connectivity index (χ3n) is 4.31. The van der Waals surface area contributed by atoms with Gasteiger partial charge in [0.25, 0.3) is 11.8 Å². The lowest BCUT2D eigenvalue weighted by Crippen LogP contribution is -2.22. The number of aromatic nitrogens is 1. The third-order valence-corrected chi connectivity index (χ3v) is 6.23. The van der Waals surface area contributed by atoms with Gasteiger partial charge in [-0.25, -0.2) is 9.78 Å². The number of anilines is 1. The molecule has 0 radical (unpaired) electrons. The van der Waals surface area contributed by atoms with Gasteiger partial charge >= 0.3 is 5.97 Å². The second-order valence-electron chi connectivity index (χ2n) is 7.04. The molecule has 3 rings (SSSR count). The number of aryl methyl sites for hydroxylation is 1. The molecule has 7 nitrogen and oxygen atoms in total. The number of hydrogen-bond acceptors (Lipinski definition) is 7. The topological polar surface area (TPSA) is 88.6 Å². The van der Waals surface area contributed by atoms with Crippen LogP contribution >= 0.6 is 23.1 Å². The van der Waals surface area contributed by atoms with E-state index in [0.29, 0.717) is 22.6 Å². The molecular weight excluding hydrogens is 446 g/mol. The van der Waals surface area contributed by atoms with Gasteiger partial charge < -0.3 is 15.0 Å². The van der Waals surface area contributed by atoms with E-state index >= 15 is 0 Å². The molecular formula is C23H23N3O4S2. The molecule has 1 N–H and O–H groups in total. The van der Waals surface area contributed by atoms with Crippen molar-refractivity contribution in [3.63, 3.8) is 0 Å². The van der Waals surface area contributed by atoms with Gasteiger partial charge in [-0.15, -0.1) is 23.1 Å². The van der Waals surface area contributed by atoms with Crippen LogP contribution in [0.2, 0.25) is 0 Å². The number of rotatable bonds is 8. The van der Waals surface area contributed by atoms with Crippen molar-refractivity contribution in [3.8, 4) is 0 Å². The predicted octanol–water partition coefficient (Wildman–Crippen LogP) is 4.24. The van der Waals surface area contributed by atoms with Gasteiger partial charge in [-0.05, 0) is 43.3 Å². The Morgan fingerprint density at radius 2 is 1.81 bits per heavy atom. The lowest BCUT2D eigenvalue weighted by molar-refractivity contribution is -0.119. The Hall–Kier alpha value is -3.17. The molecule has 0 aliphatic heterocycles. The Morgan fingerprint density at radius 1 is 1.09 bits per heavy atom. The summed E-state index contributed by atoms with van der Waals surface area (Å²) in [7, 11) is 3.34. The van der Waals surface area contributed by atoms with Crippen molar-refractivity contribution in [1.29, 1.82) is 0 Å². The summed E-state index contributed by atoms with van der Waals surface area (Å²) in [6.07, 6.45) is 0. The molecule has 0 aliphatic carbocycles. The molecule has 166 valence electrons. The molecule has 0 saturated heterocycles. The molecule has 0 saturated carbocycles. The molecule has 1 aromatic heterocycles. The van der Waals surface area contributed by atoms with E-state index in [1.807, 2.05) is 24.4 Å². The number of nitrogens with one attached hydrogen (secondary N) is 1. The number of esters is 1. The molecule has 2 amide bonds. The average Bonchev–Trinajstić information content (AvgIpc) is 3.21. The Balaban J connectivity index is 1.54. The molecule has 0 unspecified atom stereocenters. The third kappa shape index (κ3) is 6.41. The Labute approximate surface area is 194 Å². The molecule has 32 heavy (non-hydrogen) atoms. The van der Waals surface area contributed by atoms with Crippen LogP contribution in [-0.2, 0) is 15.3 Å². The van der Waals surface area contributed by atoms with Crippen molar-refractivity contribution in [2.24, 2.45) is 0 Å². The highest BCUT2D eigenvalue weighted by Gasteiger charge is 2.15. The zero-order valence-corrected chi connectivity index (χ0v) is 19.6. The van der Waals surface area contributed by atoms with Crippen LogP contribution in [0, 0.1) is 6.92 Å². The molecule has 9 heteroatoms. The molecule has 0 fully saturated rings. The minimum absolute atomic E-state index is 0.127. The highest BCUT2D eigenvalue weighted by atomic mass is 32.2. The number of nitrogens with zero attached hydrogens (tertiary/aromatic N) is 2. The van der Waals surface area contributed by atoms with Gasteiger partial charge in [0.05, 0.1) is 16.3 Å². The molecule has 0 spiro atoms. The monoisotopic (exact) mass is 469 g/mol. The molecule has 3 aromatic rings. The number of carbonyl (C=O) groups excluding carboxylic acids is 3. The average molecular weight is 470 g/mol. The van der Waals surface area contributed by atoms with Crippen LogP contribution in [0.25, 0.3) is 0 Å². The summed E-state index contributed by atoms with van der Waals surface area (Å²) in [5, 5.41) is 5.65. The van der Waals surface area contributed by atoms with Gasteiger partial charge in [-0.3, -0.25) is 9.59 Å². The summed E-state index contributed by atoms with van der Waals surface area (Å²) in [4.78, 5) is 43.3. The van der Waals surface area contributed by atoms with Crippen LogP contribution in [0.3, 0.4) is 0 Å². The van der Waals surface area contributed by atoms with Crippen LogP contribution < -0.4 is 5.32 Å². The van der Waals surface area contributed by atoms with Gasteiger partial charge in [0.1, 0.15) is 0 Å². The van der Waals surface area contributed by atoms with Gasteiger partial charge in [0.2, 0.25) is 0 Å². The fourth-order valence-corrected chi connectivity index (χ4v) is 4.40. The van der Waals surface area contributed by atoms with Crippen molar-refractivity contribution in [1.82, 2.24) is 9.88 Å². The summed E-state index contributed by atoms with van der Waals surface area (Å²) in [6, 6.07) is 13.6. The summed E-state index contributed by atoms with van der Waals surface area (Å²) < 4.78 is 5.21. The maximum Gasteiger partial charge on any atom is 0.339 e. The quantitative estimate of drug-likeness (QED) is 0.392. The molecule has 1 heterocycles. The van der Waals surface area contributed by atoms with Crippen LogP contribution in [0.1, 0.15) is 31.4 Å². The van der Waals surface area contributed by atoms with Crippen LogP contribution in [0.15, 0.2) is 58.8 Å². The normalized spacial score (nSPS) is 10.5. The zero-order valence-electron chi connectivity index (χ0n) is 18.0. The minimum Gasteiger partial charge on any atom is -0.452 e. The van der Waals surface area contributed by atoms with Gasteiger partial charge in [0, 0.05) is 41.4 Å². The Kier molecular flexibility index (Phi) is 8.02. The van der Waals surface area contributed by atoms with Gasteiger partial charge in [-0.1, -0.05) is 12.1 Å². The maximum atomic E-state index is 12.6. The number of ether oxygens (including phenoxy) is 1. The lowest BCUT2D eigenvalue weighted by Gasteiger charge is -2.11. The van der Waals surface area contributed by atoms with Gasteiger partial charge in [0.15, 0.2) is 6.61 Å². The molecule has 0 bridgehead atoms. The van der Waals surface area contributed by atoms with Crippen LogP contribution in [0.5, 0.6) is 0 Å². The number of thioether (sulfide) groups is 1. The van der Waals surface area contributed by atoms with Crippen LogP contribution in [-0.4, -0.2) is 48.4 Å². The number of hydrogen-bond donors (Lipinski definition) is 1. The van der Waals surface area contributed by atoms with Crippen LogP contribution in [0.4, 0.5) is 5.69 Å². The van der Waals surface area contributed by atoms with Crippen molar-refractivity contribution >= 4 is 46.6 Å². The Morgan fingerprint density at radius 3 is 2.47 bits per heavy atom. The fraction of sp³-hybridized carbons (Fsp3) is 0.217. The highest BCUT2D eigenvalue weighted by Crippen LogP contribution is 2.27. The SMILES string of the molecule is Cc1nc(CSc2ccccc2C(=O)OCC(=O)Nc2ccc(C(=O)N(C)C)cc2)cs1. The van der Waals surface area contributed by atoms with Crippen molar-refractivity contribution in [2.45, 2.75) is 17.6 Å². The first-order valence-electron chi connectivity index (χ1n) is 9.75. The smallest absolute Gasteiger partial charge is 0.339 e. The number of amides is 2. The van der Waals surface area contributed by atoms with E-state index in [-0.39, 0.29) is 5.91 Å². The van der Waals surface area contributed by atoms with Crippen molar-refractivity contribution in [3.05, 3.63) is 75.7 Å². The van der Waals surface area contributed by atoms with Gasteiger partial charge in [-0.2, -0.15) is 0 Å². The zero-order chi connectivity index (χ0) is 23.1. The largest absolute Gasteiger partial charge is 0.452 e. The number of carbonyl (C=O) groups is 3. The Bertz CT molecular complexity index is 1110. The first kappa shape index (κ1) is 23.5. The first-order valence-corrected chi connectivity index (χ1v) is 11.6. The molecule has 0 aliphatic rings. The first-order chi connectivity index (χ1) is 15.3. The van der Waals surface area contributed by atoms with E-state index in [2.05, 4.69) is 10.3 Å².